The summed E-state index contributed by atoms with van der Waals surface area (Å²) in [6.07, 6.45) is 0. The number of nitrogens with one attached hydrogen (secondary N) is 1. The van der Waals surface area contributed by atoms with E-state index in [1.165, 1.54) is 6.07 Å². The molecule has 78 valence electrons. The highest BCUT2D eigenvalue weighted by Crippen LogP contribution is 2.28. The van der Waals surface area contributed by atoms with Crippen LogP contribution in [0.3, 0.4) is 0 Å². The molecule has 0 bridgehead atoms. The fourth-order valence-electron chi connectivity index (χ4n) is 0.897. The number of nitrogens with two attached hydrogens (primary N) is 1. The lowest BCUT2D eigenvalue weighted by molar-refractivity contribution is 0.583. The average molecular weight is 344 g/mol. The maximum Gasteiger partial charge on any atom is 0.254 e. The van der Waals surface area contributed by atoms with Crippen LogP contribution in [-0.2, 0) is 10.0 Å². The summed E-state index contributed by atoms with van der Waals surface area (Å²) >= 11 is 6.41. The van der Waals surface area contributed by atoms with Crippen LogP contribution in [0.2, 0.25) is 0 Å². The quantitative estimate of drug-likeness (QED) is 0.633. The van der Waals surface area contributed by atoms with Crippen molar-refractivity contribution < 1.29 is 8.42 Å². The number of hydrazine groups is 1. The molecule has 7 heteroatoms. The van der Waals surface area contributed by atoms with E-state index in [-0.39, 0.29) is 4.90 Å². The van der Waals surface area contributed by atoms with Crippen molar-refractivity contribution in [2.75, 3.05) is 0 Å². The number of rotatable bonds is 2. The number of hydrogen-bond donors (Lipinski definition) is 2. The second kappa shape index (κ2) is 4.28. The Labute approximate surface area is 99.2 Å². The van der Waals surface area contributed by atoms with Crippen LogP contribution in [0.5, 0.6) is 0 Å². The number of benzene rings is 1. The molecule has 0 saturated heterocycles. The van der Waals surface area contributed by atoms with Gasteiger partial charge in [0.15, 0.2) is 0 Å². The molecule has 14 heavy (non-hydrogen) atoms. The van der Waals surface area contributed by atoms with Gasteiger partial charge < -0.3 is 0 Å². The van der Waals surface area contributed by atoms with Crippen LogP contribution in [0.4, 0.5) is 0 Å². The Hall–Kier alpha value is 0.0500. The van der Waals surface area contributed by atoms with E-state index in [1.54, 1.807) is 10.9 Å². The molecule has 0 aliphatic heterocycles. The summed E-state index contributed by atoms with van der Waals surface area (Å²) in [6.45, 7) is 1.86. The number of halogens is 2. The highest BCUT2D eigenvalue weighted by Gasteiger charge is 2.17. The molecule has 0 fully saturated rings. The van der Waals surface area contributed by atoms with E-state index >= 15 is 0 Å². The van der Waals surface area contributed by atoms with Gasteiger partial charge in [-0.05, 0) is 40.5 Å². The third-order valence-electron chi connectivity index (χ3n) is 1.66. The largest absolute Gasteiger partial charge is 0.257 e. The molecule has 0 atom stereocenters. The van der Waals surface area contributed by atoms with Crippen LogP contribution >= 0.6 is 31.9 Å². The molecule has 0 aliphatic carbocycles. The summed E-state index contributed by atoms with van der Waals surface area (Å²) in [5.74, 6) is 4.92. The van der Waals surface area contributed by atoms with E-state index in [0.717, 1.165) is 10.0 Å². The lowest BCUT2D eigenvalue weighted by Crippen LogP contribution is -2.30. The summed E-state index contributed by atoms with van der Waals surface area (Å²) in [6, 6.07) is 3.20. The van der Waals surface area contributed by atoms with Gasteiger partial charge in [0, 0.05) is 8.95 Å². The first-order valence-electron chi connectivity index (χ1n) is 3.56. The van der Waals surface area contributed by atoms with Crippen LogP contribution in [0, 0.1) is 6.92 Å². The number of sulfonamides is 1. The molecule has 0 unspecified atom stereocenters. The molecule has 0 heterocycles. The summed E-state index contributed by atoms with van der Waals surface area (Å²) in [4.78, 5) is 1.88. The van der Waals surface area contributed by atoms with E-state index in [4.69, 9.17) is 5.84 Å². The van der Waals surface area contributed by atoms with Gasteiger partial charge in [0.1, 0.15) is 0 Å². The fraction of sp³-hybridized carbons (Fsp3) is 0.143. The first-order chi connectivity index (χ1) is 6.38. The summed E-state index contributed by atoms with van der Waals surface area (Å²) in [5.41, 5.74) is 0.938. The summed E-state index contributed by atoms with van der Waals surface area (Å²) in [5, 5.41) is 0. The van der Waals surface area contributed by atoms with Gasteiger partial charge in [-0.25, -0.2) is 8.42 Å². The van der Waals surface area contributed by atoms with Gasteiger partial charge in [-0.1, -0.05) is 15.9 Å². The maximum atomic E-state index is 11.4. The highest BCUT2D eigenvalue weighted by molar-refractivity contribution is 9.11. The molecular weight excluding hydrogens is 336 g/mol. The number of aryl methyl sites for hydroxylation is 1. The summed E-state index contributed by atoms with van der Waals surface area (Å²) < 4.78 is 24.0. The fourth-order valence-corrected chi connectivity index (χ4v) is 3.21. The molecule has 0 radical (unpaired) electrons. The van der Waals surface area contributed by atoms with Gasteiger partial charge in [0.05, 0.1) is 4.90 Å². The van der Waals surface area contributed by atoms with Gasteiger partial charge in [-0.3, -0.25) is 5.84 Å². The Morgan fingerprint density at radius 3 is 2.36 bits per heavy atom. The normalized spacial score (nSPS) is 11.7. The van der Waals surface area contributed by atoms with E-state index < -0.39 is 10.0 Å². The zero-order valence-corrected chi connectivity index (χ0v) is 11.2. The first kappa shape index (κ1) is 12.1. The van der Waals surface area contributed by atoms with Gasteiger partial charge in [0.2, 0.25) is 0 Å². The molecule has 0 spiro atoms. The molecule has 1 rings (SSSR count). The van der Waals surface area contributed by atoms with Crippen molar-refractivity contribution in [3.8, 4) is 0 Å². The van der Waals surface area contributed by atoms with Gasteiger partial charge in [-0.2, -0.15) is 4.83 Å². The van der Waals surface area contributed by atoms with Crippen LogP contribution < -0.4 is 10.7 Å². The smallest absolute Gasteiger partial charge is 0.254 e. The molecule has 1 aromatic carbocycles. The molecular formula is C7H8Br2N2O2S. The van der Waals surface area contributed by atoms with Gasteiger partial charge in [0.25, 0.3) is 10.0 Å². The van der Waals surface area contributed by atoms with Crippen molar-refractivity contribution >= 4 is 41.9 Å². The molecule has 3 N–H and O–H groups in total. The molecule has 1 aromatic rings. The SMILES string of the molecule is Cc1cc(Br)c(S(=O)(=O)NN)cc1Br. The zero-order chi connectivity index (χ0) is 10.9. The van der Waals surface area contributed by atoms with Gasteiger partial charge >= 0.3 is 0 Å². The van der Waals surface area contributed by atoms with Crippen molar-refractivity contribution in [2.45, 2.75) is 11.8 Å². The second-order valence-corrected chi connectivity index (χ2v) is 6.04. The van der Waals surface area contributed by atoms with Crippen LogP contribution in [0.1, 0.15) is 5.56 Å². The average Bonchev–Trinajstić information content (AvgIpc) is 2.11. The lowest BCUT2D eigenvalue weighted by Gasteiger charge is -2.07. The van der Waals surface area contributed by atoms with E-state index in [1.807, 2.05) is 6.92 Å². The van der Waals surface area contributed by atoms with Crippen molar-refractivity contribution in [2.24, 2.45) is 5.84 Å². The zero-order valence-electron chi connectivity index (χ0n) is 7.21. The third kappa shape index (κ3) is 2.34. The highest BCUT2D eigenvalue weighted by atomic mass is 79.9. The minimum absolute atomic E-state index is 0.109. The molecule has 4 nitrogen and oxygen atoms in total. The molecule has 0 aliphatic rings. The Morgan fingerprint density at radius 1 is 1.29 bits per heavy atom. The third-order valence-corrected chi connectivity index (χ3v) is 4.66. The number of hydrogen-bond acceptors (Lipinski definition) is 3. The Morgan fingerprint density at radius 2 is 1.86 bits per heavy atom. The lowest BCUT2D eigenvalue weighted by atomic mass is 10.2. The molecule has 0 saturated carbocycles. The van der Waals surface area contributed by atoms with Crippen LogP contribution in [-0.4, -0.2) is 8.42 Å². The van der Waals surface area contributed by atoms with Gasteiger partial charge in [-0.15, -0.1) is 0 Å². The minimum atomic E-state index is -3.62. The molecule has 0 amide bonds. The van der Waals surface area contributed by atoms with Crippen molar-refractivity contribution in [1.29, 1.82) is 0 Å². The maximum absolute atomic E-state index is 11.4. The minimum Gasteiger partial charge on any atom is -0.257 e. The second-order valence-electron chi connectivity index (χ2n) is 2.65. The Kier molecular flexibility index (Phi) is 3.70. The monoisotopic (exact) mass is 342 g/mol. The standard InChI is InChI=1S/C7H8Br2N2O2S/c1-4-2-6(9)7(3-5(4)8)14(12,13)11-10/h2-3,11H,10H2,1H3. The van der Waals surface area contributed by atoms with Crippen LogP contribution in [0.15, 0.2) is 26.0 Å². The summed E-state index contributed by atoms with van der Waals surface area (Å²) in [7, 11) is -3.62. The van der Waals surface area contributed by atoms with Crippen molar-refractivity contribution in [3.63, 3.8) is 0 Å². The van der Waals surface area contributed by atoms with E-state index in [2.05, 4.69) is 31.9 Å². The topological polar surface area (TPSA) is 72.2 Å². The predicted octanol–water partition coefficient (Wildman–Crippen LogP) is 1.67. The predicted molar refractivity (Wildman–Crippen MR) is 61.1 cm³/mol. The Balaban J connectivity index is 3.45. The van der Waals surface area contributed by atoms with Crippen molar-refractivity contribution in [3.05, 3.63) is 26.6 Å². The van der Waals surface area contributed by atoms with E-state index in [0.29, 0.717) is 4.47 Å². The van der Waals surface area contributed by atoms with E-state index in [9.17, 15) is 8.42 Å². The first-order valence-corrected chi connectivity index (χ1v) is 6.63. The Bertz CT molecular complexity index is 459. The molecule has 0 aromatic heterocycles. The van der Waals surface area contributed by atoms with Crippen molar-refractivity contribution in [1.82, 2.24) is 4.83 Å². The van der Waals surface area contributed by atoms with Crippen LogP contribution in [0.25, 0.3) is 0 Å².